The first-order chi connectivity index (χ1) is 57.4. The Morgan fingerprint density at radius 3 is 0.450 bits per heavy atom. The van der Waals surface area contributed by atoms with Crippen LogP contribution in [0.4, 0.5) is 0 Å². The molecule has 5 heterocycles. The fourth-order valence-corrected chi connectivity index (χ4v) is 28.1. The Morgan fingerprint density at radius 2 is 0.333 bits per heavy atom. The molecular weight excluding hydrogens is 1700 g/mol. The summed E-state index contributed by atoms with van der Waals surface area (Å²) in [6.45, 7) is 28.7. The van der Waals surface area contributed by atoms with Crippen molar-refractivity contribution in [1.29, 1.82) is 0 Å². The van der Waals surface area contributed by atoms with Gasteiger partial charge in [0.25, 0.3) is 0 Å². The minimum atomic E-state index is -3.89. The van der Waals surface area contributed by atoms with Gasteiger partial charge in [0.1, 0.15) is 0 Å². The summed E-state index contributed by atoms with van der Waals surface area (Å²) in [4.78, 5) is 19.0. The zero-order chi connectivity index (χ0) is 87.1. The monoisotopic (exact) mass is 1810 g/mol. The summed E-state index contributed by atoms with van der Waals surface area (Å²) in [5.41, 5.74) is 10.9. The minimum absolute atomic E-state index is 0.0635. The number of aromatic nitrogens is 4. The van der Waals surface area contributed by atoms with Gasteiger partial charge in [-0.1, -0.05) is 72.8 Å². The van der Waals surface area contributed by atoms with Gasteiger partial charge in [0.05, 0.1) is 178 Å². The molecule has 0 unspecified atom stereocenters. The lowest BCUT2D eigenvalue weighted by atomic mass is 9.99. The van der Waals surface area contributed by atoms with E-state index in [2.05, 4.69) is 9.97 Å². The first kappa shape index (κ1) is 98.5. The Morgan fingerprint density at radius 1 is 0.208 bits per heavy atom. The van der Waals surface area contributed by atoms with E-state index in [1.54, 1.807) is 135 Å². The minimum Gasteiger partial charge on any atom is -0.354 e. The summed E-state index contributed by atoms with van der Waals surface area (Å²) in [6.07, 6.45) is 5.66. The Kier molecular flexibility index (Phi) is 37.1. The van der Waals surface area contributed by atoms with Crippen molar-refractivity contribution in [3.05, 3.63) is 164 Å². The summed E-state index contributed by atoms with van der Waals surface area (Å²) in [5.74, 6) is 0. The molecule has 2 N–H and O–H groups in total. The van der Waals surface area contributed by atoms with Crippen molar-refractivity contribution in [3.63, 3.8) is 0 Å². The molecule has 0 fully saturated rings. The highest BCUT2D eigenvalue weighted by atomic mass is 31.2. The zero-order valence-electron chi connectivity index (χ0n) is 71.8. The van der Waals surface area contributed by atoms with Crippen molar-refractivity contribution in [1.82, 2.24) is 19.9 Å². The van der Waals surface area contributed by atoms with E-state index in [1.165, 1.54) is 0 Å². The Hall–Kier alpha value is -5.32. The van der Waals surface area contributed by atoms with Crippen molar-refractivity contribution in [3.8, 4) is 44.5 Å². The molecule has 2 aliphatic rings. The molecule has 0 aliphatic carbocycles. The molecule has 7 aromatic rings. The molecule has 36 heteroatoms. The fraction of sp³-hybridized carbons (Fsp3) is 0.476. The van der Waals surface area contributed by atoms with E-state index in [0.29, 0.717) is 134 Å². The number of benzene rings is 4. The molecule has 3 aromatic heterocycles. The molecule has 8 bridgehead atoms. The van der Waals surface area contributed by atoms with Gasteiger partial charge in [-0.05, 0) is 226 Å². The summed E-state index contributed by atoms with van der Waals surface area (Å²) < 4.78 is 215. The Bertz CT molecular complexity index is 4440. The molecule has 4 aromatic carbocycles. The van der Waals surface area contributed by atoms with Crippen LogP contribution in [0.3, 0.4) is 0 Å². The molecule has 0 saturated heterocycles. The highest BCUT2D eigenvalue weighted by molar-refractivity contribution is 7.55. The van der Waals surface area contributed by atoms with Crippen molar-refractivity contribution >= 4 is 107 Å². The van der Waals surface area contributed by atoms with Crippen LogP contribution in [-0.4, -0.2) is 126 Å². The number of nitrogens with one attached hydrogen (secondary N) is 2. The van der Waals surface area contributed by atoms with Gasteiger partial charge in [-0.15, -0.1) is 0 Å². The Labute approximate surface area is 706 Å². The van der Waals surface area contributed by atoms with Gasteiger partial charge < -0.3 is 82.3 Å². The maximum absolute atomic E-state index is 14.9. The lowest BCUT2D eigenvalue weighted by Crippen LogP contribution is -2.03. The van der Waals surface area contributed by atoms with Crippen LogP contribution in [-0.2, 0) is 158 Å². The number of hydrogen-bond acceptors (Lipinski definition) is 26. The van der Waals surface area contributed by atoms with E-state index in [9.17, 15) is 36.5 Å². The molecule has 120 heavy (non-hydrogen) atoms. The average molecular weight is 1820 g/mol. The van der Waals surface area contributed by atoms with Crippen LogP contribution in [0, 0.1) is 0 Å². The zero-order valence-corrected chi connectivity index (χ0v) is 78.9. The molecule has 0 atom stereocenters. The number of aromatic amines is 2. The number of nitrogens with zero attached hydrogens (tertiary/aromatic N) is 2. The predicted molar refractivity (Wildman–Crippen MR) is 477 cm³/mol. The average Bonchev–Trinajstić information content (AvgIpc) is 1.58. The van der Waals surface area contributed by atoms with Crippen molar-refractivity contribution in [2.75, 3.05) is 106 Å². The second kappa shape index (κ2) is 45.2. The molecule has 28 nitrogen and oxygen atoms in total. The van der Waals surface area contributed by atoms with Crippen molar-refractivity contribution < 1.29 is 109 Å². The quantitative estimate of drug-likeness (QED) is 0.0334. The molecule has 658 valence electrons. The normalized spacial score (nSPS) is 13.2. The number of hydrogen-bond donors (Lipinski definition) is 2. The van der Waals surface area contributed by atoms with Crippen LogP contribution >= 0.6 is 60.8 Å². The van der Waals surface area contributed by atoms with E-state index < -0.39 is 60.8 Å². The van der Waals surface area contributed by atoms with E-state index in [-0.39, 0.29) is 155 Å². The third-order valence-electron chi connectivity index (χ3n) is 18.3. The van der Waals surface area contributed by atoms with Crippen LogP contribution in [0.25, 0.3) is 90.9 Å². The van der Waals surface area contributed by atoms with Gasteiger partial charge in [-0.25, -0.2) is 9.97 Å². The molecule has 2 aliphatic heterocycles. The van der Waals surface area contributed by atoms with Crippen molar-refractivity contribution in [2.24, 2.45) is 0 Å². The van der Waals surface area contributed by atoms with Gasteiger partial charge in [0, 0.05) is 44.3 Å². The lowest BCUT2D eigenvalue weighted by Gasteiger charge is -2.20. The second-order valence-electron chi connectivity index (χ2n) is 27.5. The van der Waals surface area contributed by atoms with E-state index in [1.807, 2.05) is 97.1 Å². The summed E-state index contributed by atoms with van der Waals surface area (Å²) >= 11 is 0. The van der Waals surface area contributed by atoms with Crippen LogP contribution in [0.15, 0.2) is 97.1 Å². The molecule has 9 rings (SSSR count). The number of rotatable bonds is 52. The van der Waals surface area contributed by atoms with Gasteiger partial charge in [-0.2, -0.15) is 0 Å². The first-order valence-corrected chi connectivity index (χ1v) is 55.0. The highest BCUT2D eigenvalue weighted by Gasteiger charge is 2.35. The maximum atomic E-state index is 14.9. The Balaban J connectivity index is 1.58. The second-order valence-corrected chi connectivity index (χ2v) is 43.9. The standard InChI is InChI=1S/C84H118N4O24P8/c1-17-97-113(89,98-18-2)53-61-41-62(54-114(90,99-19-3)100-20-4)46-69(45-61)81-73-33-35-75(85-73)82(70-47-63(55-115(91,101-21-5)102-22-6)42-64(48-70)56-116(92,103-23-7)104-24-8)77-37-39-79(87-77)84(72-51-67(59-119(95,109-29-13)110-30-14)44-68(52-72)60-120(96,111-31-15)112-32-16)80-40-38-78(88-80)83(76-36-34-74(81)86-76)71-49-65(57-117(93,105-25-9)106-26-10)43-66(50-71)58-118(94,107-27-11)108-28-12/h33-52,85,88H,17-32,53-60H2,1-16H3. The highest BCUT2D eigenvalue weighted by Crippen LogP contribution is 2.60. The third-order valence-corrected chi connectivity index (χ3v) is 34.8. The smallest absolute Gasteiger partial charge is 0.335 e. The van der Waals surface area contributed by atoms with Crippen molar-refractivity contribution in [2.45, 2.75) is 160 Å². The fourth-order valence-electron chi connectivity index (χ4n) is 14.7. The van der Waals surface area contributed by atoms with Crippen LogP contribution in [0.5, 0.6) is 0 Å². The number of fused-ring (bicyclic) bond motifs is 8. The lowest BCUT2D eigenvalue weighted by molar-refractivity contribution is 0.217. The first-order valence-electron chi connectivity index (χ1n) is 41.1. The van der Waals surface area contributed by atoms with Gasteiger partial charge in [-0.3, -0.25) is 36.5 Å². The largest absolute Gasteiger partial charge is 0.354 e. The van der Waals surface area contributed by atoms with E-state index >= 15 is 0 Å². The van der Waals surface area contributed by atoms with Gasteiger partial charge in [0.2, 0.25) is 0 Å². The third kappa shape index (κ3) is 26.4. The molecule has 0 radical (unpaired) electrons. The maximum Gasteiger partial charge on any atom is 0.335 e. The van der Waals surface area contributed by atoms with E-state index in [4.69, 9.17) is 82.3 Å². The summed E-state index contributed by atoms with van der Waals surface area (Å²) in [7, 11) is -31.1. The molecule has 0 spiro atoms. The number of H-pyrrole nitrogens is 2. The SMILES string of the molecule is CCOP(=O)(Cc1cc(CP(=O)(OCC)OCC)cc(-c2c3nc(c(-c4cc(CP(=O)(OCC)OCC)cc(CP(=O)(OCC)OCC)c4)c4ccc([nH]4)c(-c4cc(CP(=O)(OCC)OCC)cc(CP(=O)(OCC)OCC)c4)c4nc(c(-c5cc(CP(=O)(OCC)OCC)cc(CP(=O)(OCC)OCC)c5)c5ccc2[nH]5)C=C4)C=C3)c1)OCC. The molecular formula is C84H118N4O24P8. The summed E-state index contributed by atoms with van der Waals surface area (Å²) in [6, 6.07) is 29.5. The van der Waals surface area contributed by atoms with Gasteiger partial charge in [0.15, 0.2) is 0 Å². The van der Waals surface area contributed by atoms with Crippen LogP contribution in [0.1, 0.15) is 178 Å². The predicted octanol–water partition coefficient (Wildman–Crippen LogP) is 25.5. The van der Waals surface area contributed by atoms with Crippen LogP contribution < -0.4 is 0 Å². The topological polar surface area (TPSA) is 342 Å². The van der Waals surface area contributed by atoms with Crippen LogP contribution in [0.2, 0.25) is 0 Å². The van der Waals surface area contributed by atoms with E-state index in [0.717, 1.165) is 0 Å². The molecule has 0 saturated carbocycles. The summed E-state index contributed by atoms with van der Waals surface area (Å²) in [5, 5.41) is 0. The molecule has 0 amide bonds. The van der Waals surface area contributed by atoms with Gasteiger partial charge >= 0.3 is 60.8 Å².